The fourth-order valence-electron chi connectivity index (χ4n) is 2.64. The molecule has 8 heteroatoms. The Morgan fingerprint density at radius 1 is 1.32 bits per heavy atom. The molecule has 3 aromatic rings. The predicted molar refractivity (Wildman–Crippen MR) is 106 cm³/mol. The first-order chi connectivity index (χ1) is 13.7. The Bertz CT molecular complexity index is 879. The minimum Gasteiger partial charge on any atom is -0.486 e. The summed E-state index contributed by atoms with van der Waals surface area (Å²) in [5, 5.41) is 14.5. The van der Waals surface area contributed by atoms with Crippen molar-refractivity contribution in [3.63, 3.8) is 0 Å². The van der Waals surface area contributed by atoms with E-state index in [2.05, 4.69) is 10.3 Å². The smallest absolute Gasteiger partial charge is 0.318 e. The van der Waals surface area contributed by atoms with Gasteiger partial charge in [0.15, 0.2) is 0 Å². The van der Waals surface area contributed by atoms with Gasteiger partial charge in [-0.15, -0.1) is 11.3 Å². The maximum atomic E-state index is 12.4. The van der Waals surface area contributed by atoms with Crippen LogP contribution >= 0.6 is 11.3 Å². The van der Waals surface area contributed by atoms with Crippen LogP contribution in [0.5, 0.6) is 5.75 Å². The molecule has 7 nitrogen and oxygen atoms in total. The van der Waals surface area contributed by atoms with Gasteiger partial charge in [-0.25, -0.2) is 9.78 Å². The molecule has 0 unspecified atom stereocenters. The lowest BCUT2D eigenvalue weighted by Crippen LogP contribution is -2.38. The Hall–Kier alpha value is -2.84. The number of rotatable bonds is 9. The molecule has 0 fully saturated rings. The fourth-order valence-corrected chi connectivity index (χ4v) is 3.34. The summed E-state index contributed by atoms with van der Waals surface area (Å²) in [6.45, 7) is 3.51. The van der Waals surface area contributed by atoms with Gasteiger partial charge in [-0.3, -0.25) is 0 Å². The molecule has 2 N–H and O–H groups in total. The lowest BCUT2D eigenvalue weighted by Gasteiger charge is -2.22. The molecule has 0 atom stereocenters. The molecule has 2 heterocycles. The number of carbonyl (C=O) groups is 1. The van der Waals surface area contributed by atoms with Crippen LogP contribution in [0.25, 0.3) is 0 Å². The summed E-state index contributed by atoms with van der Waals surface area (Å²) in [7, 11) is 0. The van der Waals surface area contributed by atoms with Crippen molar-refractivity contribution in [1.29, 1.82) is 0 Å². The van der Waals surface area contributed by atoms with Gasteiger partial charge in [0.05, 0.1) is 25.1 Å². The van der Waals surface area contributed by atoms with Gasteiger partial charge in [-0.2, -0.15) is 0 Å². The Kier molecular flexibility index (Phi) is 7.05. The maximum absolute atomic E-state index is 12.4. The number of aromatic nitrogens is 1. The van der Waals surface area contributed by atoms with E-state index in [0.29, 0.717) is 37.7 Å². The van der Waals surface area contributed by atoms with Crippen molar-refractivity contribution >= 4 is 17.4 Å². The molecule has 0 bridgehead atoms. The first-order valence-corrected chi connectivity index (χ1v) is 9.87. The van der Waals surface area contributed by atoms with Gasteiger partial charge in [0.25, 0.3) is 0 Å². The molecule has 0 aliphatic rings. The standard InChI is InChI=1S/C20H23N3O4S/c1-2-21-20(25)23(11-18-7-4-8-26-18)10-15-5-3-6-17(9-15)27-13-19-22-16(12-24)14-28-19/h3-9,14,24H,2,10-13H2,1H3,(H,21,25). The van der Waals surface area contributed by atoms with Gasteiger partial charge >= 0.3 is 6.03 Å². The van der Waals surface area contributed by atoms with Crippen LogP contribution in [0, 0.1) is 0 Å². The Morgan fingerprint density at radius 2 is 2.21 bits per heavy atom. The minimum absolute atomic E-state index is 0.0721. The molecule has 1 aromatic carbocycles. The number of hydrogen-bond donors (Lipinski definition) is 2. The minimum atomic E-state index is -0.149. The van der Waals surface area contributed by atoms with E-state index < -0.39 is 0 Å². The van der Waals surface area contributed by atoms with Gasteiger partial charge in [-0.05, 0) is 36.8 Å². The molecule has 0 aliphatic carbocycles. The van der Waals surface area contributed by atoms with Crippen LogP contribution < -0.4 is 10.1 Å². The van der Waals surface area contributed by atoms with Crippen molar-refractivity contribution in [1.82, 2.24) is 15.2 Å². The first-order valence-electron chi connectivity index (χ1n) is 8.99. The van der Waals surface area contributed by atoms with E-state index in [0.717, 1.165) is 16.3 Å². The molecular formula is C20H23N3O4S. The molecule has 148 valence electrons. The number of aliphatic hydroxyl groups excluding tert-OH is 1. The largest absolute Gasteiger partial charge is 0.486 e. The number of urea groups is 1. The van der Waals surface area contributed by atoms with Crippen LogP contribution in [-0.2, 0) is 26.3 Å². The zero-order valence-corrected chi connectivity index (χ0v) is 16.4. The summed E-state index contributed by atoms with van der Waals surface area (Å²) in [6.07, 6.45) is 1.60. The second kappa shape index (κ2) is 9.91. The van der Waals surface area contributed by atoms with E-state index in [9.17, 15) is 4.79 Å². The van der Waals surface area contributed by atoms with Crippen LogP contribution in [0.15, 0.2) is 52.5 Å². The molecule has 0 saturated heterocycles. The lowest BCUT2D eigenvalue weighted by molar-refractivity contribution is 0.188. The number of amides is 2. The van der Waals surface area contributed by atoms with Gasteiger partial charge in [0, 0.05) is 18.5 Å². The molecule has 0 aliphatic heterocycles. The van der Waals surface area contributed by atoms with E-state index >= 15 is 0 Å². The number of carbonyl (C=O) groups excluding carboxylic acids is 1. The summed E-state index contributed by atoms with van der Waals surface area (Å²) in [4.78, 5) is 18.4. The Labute approximate surface area is 167 Å². The van der Waals surface area contributed by atoms with Crippen molar-refractivity contribution in [2.24, 2.45) is 0 Å². The summed E-state index contributed by atoms with van der Waals surface area (Å²) in [6, 6.07) is 11.1. The van der Waals surface area contributed by atoms with Crippen molar-refractivity contribution in [2.45, 2.75) is 33.2 Å². The van der Waals surface area contributed by atoms with Gasteiger partial charge in [0.1, 0.15) is 23.1 Å². The van der Waals surface area contributed by atoms with Crippen molar-refractivity contribution < 1.29 is 19.1 Å². The third-order valence-corrected chi connectivity index (χ3v) is 4.81. The topological polar surface area (TPSA) is 87.8 Å². The second-order valence-corrected chi connectivity index (χ2v) is 7.04. The van der Waals surface area contributed by atoms with Crippen molar-refractivity contribution in [3.05, 3.63) is 70.1 Å². The number of hydrogen-bond acceptors (Lipinski definition) is 6. The third-order valence-electron chi connectivity index (χ3n) is 3.94. The van der Waals surface area contributed by atoms with Crippen LogP contribution in [0.4, 0.5) is 4.79 Å². The number of benzene rings is 1. The molecule has 0 spiro atoms. The monoisotopic (exact) mass is 401 g/mol. The van der Waals surface area contributed by atoms with Crippen LogP contribution in [0.2, 0.25) is 0 Å². The molecule has 3 rings (SSSR count). The molecule has 2 aromatic heterocycles. The van der Waals surface area contributed by atoms with Crippen LogP contribution in [0.3, 0.4) is 0 Å². The molecule has 0 radical (unpaired) electrons. The first kappa shape index (κ1) is 19.9. The fraction of sp³-hybridized carbons (Fsp3) is 0.300. The molecular weight excluding hydrogens is 378 g/mol. The SMILES string of the molecule is CCNC(=O)N(Cc1cccc(OCc2nc(CO)cs2)c1)Cc1ccco1. The number of ether oxygens (including phenoxy) is 1. The van der Waals surface area contributed by atoms with E-state index in [1.807, 2.05) is 42.6 Å². The number of aliphatic hydroxyl groups is 1. The highest BCUT2D eigenvalue weighted by atomic mass is 32.1. The van der Waals surface area contributed by atoms with Crippen molar-refractivity contribution in [3.8, 4) is 5.75 Å². The summed E-state index contributed by atoms with van der Waals surface area (Å²) >= 11 is 1.45. The average Bonchev–Trinajstić information content (AvgIpc) is 3.38. The average molecular weight is 401 g/mol. The van der Waals surface area contributed by atoms with E-state index in [1.54, 1.807) is 17.2 Å². The third kappa shape index (κ3) is 5.58. The van der Waals surface area contributed by atoms with Gasteiger partial charge in [0.2, 0.25) is 0 Å². The molecule has 28 heavy (non-hydrogen) atoms. The van der Waals surface area contributed by atoms with E-state index in [4.69, 9.17) is 14.3 Å². The number of nitrogens with zero attached hydrogens (tertiary/aromatic N) is 2. The van der Waals surface area contributed by atoms with E-state index in [1.165, 1.54) is 11.3 Å². The lowest BCUT2D eigenvalue weighted by atomic mass is 10.2. The number of nitrogens with one attached hydrogen (secondary N) is 1. The highest BCUT2D eigenvalue weighted by Gasteiger charge is 2.15. The van der Waals surface area contributed by atoms with Crippen LogP contribution in [0.1, 0.15) is 28.9 Å². The predicted octanol–water partition coefficient (Wildman–Crippen LogP) is 3.54. The highest BCUT2D eigenvalue weighted by Crippen LogP contribution is 2.19. The zero-order valence-electron chi connectivity index (χ0n) is 15.6. The van der Waals surface area contributed by atoms with Crippen molar-refractivity contribution in [2.75, 3.05) is 6.54 Å². The van der Waals surface area contributed by atoms with Gasteiger partial charge < -0.3 is 24.5 Å². The normalized spacial score (nSPS) is 10.6. The van der Waals surface area contributed by atoms with Crippen LogP contribution in [-0.4, -0.2) is 27.6 Å². The Balaban J connectivity index is 1.65. The number of furan rings is 1. The van der Waals surface area contributed by atoms with Gasteiger partial charge in [-0.1, -0.05) is 12.1 Å². The summed E-state index contributed by atoms with van der Waals surface area (Å²) < 4.78 is 11.2. The quantitative estimate of drug-likeness (QED) is 0.573. The second-order valence-electron chi connectivity index (χ2n) is 6.10. The Morgan fingerprint density at radius 3 is 2.93 bits per heavy atom. The maximum Gasteiger partial charge on any atom is 0.318 e. The summed E-state index contributed by atoms with van der Waals surface area (Å²) in [5.41, 5.74) is 1.60. The highest BCUT2D eigenvalue weighted by molar-refractivity contribution is 7.09. The number of thiazole rings is 1. The molecule has 2 amide bonds. The summed E-state index contributed by atoms with van der Waals surface area (Å²) in [5.74, 6) is 1.43. The van der Waals surface area contributed by atoms with E-state index in [-0.39, 0.29) is 12.6 Å². The zero-order chi connectivity index (χ0) is 19.8. The molecule has 0 saturated carbocycles.